The molecule has 0 bridgehead atoms. The van der Waals surface area contributed by atoms with Crippen molar-refractivity contribution in [3.63, 3.8) is 0 Å². The van der Waals surface area contributed by atoms with Gasteiger partial charge < -0.3 is 4.98 Å². The van der Waals surface area contributed by atoms with E-state index in [1.54, 1.807) is 12.1 Å². The maximum absolute atomic E-state index is 11.9. The molecule has 7 heteroatoms. The van der Waals surface area contributed by atoms with Crippen LogP contribution >= 0.6 is 11.6 Å². The quantitative estimate of drug-likeness (QED) is 0.879. The van der Waals surface area contributed by atoms with Crippen molar-refractivity contribution in [3.05, 3.63) is 63.5 Å². The Labute approximate surface area is 121 Å². The second-order valence-electron chi connectivity index (χ2n) is 4.16. The summed E-state index contributed by atoms with van der Waals surface area (Å²) in [5, 5.41) is 0.641. The Hall–Kier alpha value is -1.63. The molecule has 1 heterocycles. The molecule has 0 amide bonds. The molecule has 2 aromatic rings. The highest BCUT2D eigenvalue weighted by Gasteiger charge is 2.12. The molecule has 20 heavy (non-hydrogen) atoms. The van der Waals surface area contributed by atoms with Crippen molar-refractivity contribution < 1.29 is 8.42 Å². The molecule has 106 valence electrons. The molecule has 2 rings (SSSR count). The number of sulfonamides is 1. The number of nitrogens with one attached hydrogen (secondary N) is 2. The van der Waals surface area contributed by atoms with Gasteiger partial charge in [-0.05, 0) is 30.2 Å². The summed E-state index contributed by atoms with van der Waals surface area (Å²) >= 11 is 5.77. The van der Waals surface area contributed by atoms with E-state index in [1.807, 2.05) is 12.1 Å². The molecule has 0 fully saturated rings. The number of rotatable bonds is 5. The molecule has 5 nitrogen and oxygen atoms in total. The van der Waals surface area contributed by atoms with Gasteiger partial charge in [-0.15, -0.1) is 0 Å². The predicted octanol–water partition coefficient (Wildman–Crippen LogP) is 1.55. The van der Waals surface area contributed by atoms with Crippen molar-refractivity contribution >= 4 is 21.6 Å². The van der Waals surface area contributed by atoms with Gasteiger partial charge in [0, 0.05) is 23.8 Å². The highest BCUT2D eigenvalue weighted by Crippen LogP contribution is 2.10. The van der Waals surface area contributed by atoms with Crippen LogP contribution < -0.4 is 10.3 Å². The lowest BCUT2D eigenvalue weighted by Crippen LogP contribution is -2.26. The third-order valence-electron chi connectivity index (χ3n) is 2.68. The fourth-order valence-electron chi connectivity index (χ4n) is 1.63. The second kappa shape index (κ2) is 6.21. The number of halogens is 1. The predicted molar refractivity (Wildman–Crippen MR) is 77.4 cm³/mol. The van der Waals surface area contributed by atoms with Gasteiger partial charge in [-0.25, -0.2) is 13.1 Å². The Balaban J connectivity index is 1.97. The lowest BCUT2D eigenvalue weighted by atomic mass is 10.2. The molecule has 1 aromatic heterocycles. The molecule has 0 aliphatic carbocycles. The van der Waals surface area contributed by atoms with Crippen LogP contribution in [-0.4, -0.2) is 19.9 Å². The fraction of sp³-hybridized carbons (Fsp3) is 0.154. The van der Waals surface area contributed by atoms with Crippen LogP contribution in [0.1, 0.15) is 5.56 Å². The van der Waals surface area contributed by atoms with Crippen molar-refractivity contribution in [3.8, 4) is 0 Å². The monoisotopic (exact) mass is 312 g/mol. The van der Waals surface area contributed by atoms with Gasteiger partial charge in [0.15, 0.2) is 0 Å². The van der Waals surface area contributed by atoms with Crippen LogP contribution in [-0.2, 0) is 16.4 Å². The molecule has 2 N–H and O–H groups in total. The summed E-state index contributed by atoms with van der Waals surface area (Å²) in [6.45, 7) is 0.267. The second-order valence-corrected chi connectivity index (χ2v) is 6.37. The molecule has 0 saturated heterocycles. The summed E-state index contributed by atoms with van der Waals surface area (Å²) in [4.78, 5) is 13.3. The average Bonchev–Trinajstić information content (AvgIpc) is 2.41. The molecule has 0 aliphatic heterocycles. The average molecular weight is 313 g/mol. The maximum Gasteiger partial charge on any atom is 0.247 e. The van der Waals surface area contributed by atoms with E-state index in [9.17, 15) is 13.2 Å². The summed E-state index contributed by atoms with van der Waals surface area (Å²) in [6.07, 6.45) is 1.73. The van der Waals surface area contributed by atoms with Gasteiger partial charge in [0.2, 0.25) is 15.6 Å². The van der Waals surface area contributed by atoms with Crippen LogP contribution in [0.2, 0.25) is 5.02 Å². The van der Waals surface area contributed by atoms with Gasteiger partial charge in [0.05, 0.1) is 4.90 Å². The Bertz CT molecular complexity index is 718. The first-order valence-corrected chi connectivity index (χ1v) is 7.76. The molecule has 0 saturated carbocycles. The topological polar surface area (TPSA) is 79.0 Å². The smallest absolute Gasteiger partial charge is 0.247 e. The molecule has 0 unspecified atom stereocenters. The summed E-state index contributed by atoms with van der Waals surface area (Å²) < 4.78 is 26.3. The Kier molecular flexibility index (Phi) is 4.59. The van der Waals surface area contributed by atoms with Crippen LogP contribution in [0.15, 0.2) is 52.3 Å². The van der Waals surface area contributed by atoms with Gasteiger partial charge >= 0.3 is 0 Å². The van der Waals surface area contributed by atoms with Crippen LogP contribution in [0.3, 0.4) is 0 Å². The normalized spacial score (nSPS) is 11.4. The third kappa shape index (κ3) is 3.93. The van der Waals surface area contributed by atoms with Gasteiger partial charge in [-0.2, -0.15) is 0 Å². The van der Waals surface area contributed by atoms with Crippen LogP contribution in [0.25, 0.3) is 0 Å². The highest BCUT2D eigenvalue weighted by atomic mass is 35.5. The number of aromatic nitrogens is 1. The van der Waals surface area contributed by atoms with E-state index in [4.69, 9.17) is 11.6 Å². The first-order chi connectivity index (χ1) is 9.47. The van der Waals surface area contributed by atoms with E-state index in [2.05, 4.69) is 9.71 Å². The first-order valence-electron chi connectivity index (χ1n) is 5.90. The first kappa shape index (κ1) is 14.8. The number of aromatic amines is 1. The zero-order valence-electron chi connectivity index (χ0n) is 10.5. The molecular formula is C13H13ClN2O3S. The van der Waals surface area contributed by atoms with E-state index < -0.39 is 10.0 Å². The zero-order valence-corrected chi connectivity index (χ0v) is 12.0. The SMILES string of the molecule is O=c1ccc(S(=O)(=O)NCCc2ccc(Cl)cc2)c[nH]1. The minimum atomic E-state index is -3.60. The van der Waals surface area contributed by atoms with E-state index in [0.717, 1.165) is 5.56 Å². The van der Waals surface area contributed by atoms with E-state index in [-0.39, 0.29) is 17.0 Å². The summed E-state index contributed by atoms with van der Waals surface area (Å²) in [5.74, 6) is 0. The van der Waals surface area contributed by atoms with Gasteiger partial charge in [-0.1, -0.05) is 23.7 Å². The van der Waals surface area contributed by atoms with E-state index >= 15 is 0 Å². The summed E-state index contributed by atoms with van der Waals surface area (Å²) in [6, 6.07) is 9.64. The standard InChI is InChI=1S/C13H13ClN2O3S/c14-11-3-1-10(2-4-11)7-8-16-20(18,19)12-5-6-13(17)15-9-12/h1-6,9,16H,7-8H2,(H,15,17). The molecule has 0 spiro atoms. The lowest BCUT2D eigenvalue weighted by molar-refractivity contribution is 0.581. The van der Waals surface area contributed by atoms with Crippen LogP contribution in [0.5, 0.6) is 0 Å². The molecule has 0 aliphatic rings. The Morgan fingerprint density at radius 2 is 1.80 bits per heavy atom. The van der Waals surface area contributed by atoms with Crippen molar-refractivity contribution in [2.45, 2.75) is 11.3 Å². The number of hydrogen-bond acceptors (Lipinski definition) is 3. The minimum Gasteiger partial charge on any atom is -0.328 e. The summed E-state index contributed by atoms with van der Waals surface area (Å²) in [7, 11) is -3.60. The van der Waals surface area contributed by atoms with Gasteiger partial charge in [0.25, 0.3) is 0 Å². The molecule has 0 radical (unpaired) electrons. The fourth-order valence-corrected chi connectivity index (χ4v) is 2.75. The Morgan fingerprint density at radius 1 is 1.10 bits per heavy atom. The number of H-pyrrole nitrogens is 1. The number of pyridine rings is 1. The van der Waals surface area contributed by atoms with E-state index in [1.165, 1.54) is 18.3 Å². The van der Waals surface area contributed by atoms with Crippen LogP contribution in [0.4, 0.5) is 0 Å². The minimum absolute atomic E-state index is 0.0354. The maximum atomic E-state index is 11.9. The highest BCUT2D eigenvalue weighted by molar-refractivity contribution is 7.89. The van der Waals surface area contributed by atoms with Gasteiger partial charge in [0.1, 0.15) is 0 Å². The molecular weight excluding hydrogens is 300 g/mol. The Morgan fingerprint density at radius 3 is 2.40 bits per heavy atom. The molecule has 1 aromatic carbocycles. The lowest BCUT2D eigenvalue weighted by Gasteiger charge is -2.06. The van der Waals surface area contributed by atoms with Gasteiger partial charge in [-0.3, -0.25) is 4.79 Å². The summed E-state index contributed by atoms with van der Waals surface area (Å²) in [5.41, 5.74) is 0.642. The van der Waals surface area contributed by atoms with Crippen molar-refractivity contribution in [2.75, 3.05) is 6.54 Å². The third-order valence-corrected chi connectivity index (χ3v) is 4.40. The van der Waals surface area contributed by atoms with Crippen LogP contribution in [0, 0.1) is 0 Å². The zero-order chi connectivity index (χ0) is 14.6. The van der Waals surface area contributed by atoms with Crippen molar-refractivity contribution in [1.29, 1.82) is 0 Å². The van der Waals surface area contributed by atoms with Crippen molar-refractivity contribution in [2.24, 2.45) is 0 Å². The van der Waals surface area contributed by atoms with E-state index in [0.29, 0.717) is 11.4 Å². The van der Waals surface area contributed by atoms with Crippen molar-refractivity contribution in [1.82, 2.24) is 9.71 Å². The largest absolute Gasteiger partial charge is 0.328 e. The number of benzene rings is 1. The number of hydrogen-bond donors (Lipinski definition) is 2. The molecule has 0 atom stereocenters.